The summed E-state index contributed by atoms with van der Waals surface area (Å²) in [4.78, 5) is 11.7. The fourth-order valence-corrected chi connectivity index (χ4v) is 14.3. The Balaban J connectivity index is 1.14. The summed E-state index contributed by atoms with van der Waals surface area (Å²) in [6, 6.07) is 2.70. The van der Waals surface area contributed by atoms with Crippen LogP contribution >= 0.6 is 0 Å². The minimum absolute atomic E-state index is 0.337. The molecule has 36 heavy (non-hydrogen) atoms. The predicted molar refractivity (Wildman–Crippen MR) is 142 cm³/mol. The van der Waals surface area contributed by atoms with Gasteiger partial charge in [-0.2, -0.15) is 0 Å². The minimum atomic E-state index is 0.337. The van der Waals surface area contributed by atoms with Crippen LogP contribution in [0.3, 0.4) is 0 Å². The quantitative estimate of drug-likeness (QED) is 0.438. The molecule has 4 unspecified atom stereocenters. The van der Waals surface area contributed by atoms with Gasteiger partial charge in [-0.1, -0.05) is 0 Å². The van der Waals surface area contributed by atoms with Gasteiger partial charge in [-0.15, -0.1) is 0 Å². The molecule has 1 aromatic heterocycles. The molecule has 11 saturated carbocycles. The van der Waals surface area contributed by atoms with Crippen molar-refractivity contribution in [3.05, 3.63) is 23.3 Å². The van der Waals surface area contributed by atoms with Crippen LogP contribution in [0.4, 0.5) is 0 Å². The van der Waals surface area contributed by atoms with Gasteiger partial charge in [0, 0.05) is 16.2 Å². The standard InChI is InChI=1S/C34H46N2/c1-2-32(12-26-9-27(1)28(10-26)19-32)29-11-30(33-13-20-3-21(14-33)5-22(4-20)15-33)36-31(35-29)34-16-23-6-24(17-34)8-25(7-23)18-34/h11,20-28H,1-10,12-19H2. The molecule has 11 fully saturated rings. The summed E-state index contributed by atoms with van der Waals surface area (Å²) in [7, 11) is 0. The Morgan fingerprint density at radius 3 is 1.50 bits per heavy atom. The van der Waals surface area contributed by atoms with E-state index in [-0.39, 0.29) is 0 Å². The van der Waals surface area contributed by atoms with Crippen molar-refractivity contribution in [3.63, 3.8) is 0 Å². The molecule has 2 heteroatoms. The van der Waals surface area contributed by atoms with Crippen molar-refractivity contribution in [3.8, 4) is 0 Å². The molecule has 4 atom stereocenters. The first-order chi connectivity index (χ1) is 17.5. The number of fused-ring (bicyclic) bond motifs is 2. The highest BCUT2D eigenvalue weighted by molar-refractivity contribution is 5.33. The third-order valence-electron chi connectivity index (χ3n) is 14.6. The second kappa shape index (κ2) is 6.80. The summed E-state index contributed by atoms with van der Waals surface area (Å²) in [5, 5.41) is 0. The smallest absolute Gasteiger partial charge is 0.135 e. The summed E-state index contributed by atoms with van der Waals surface area (Å²) in [6.45, 7) is 0. The zero-order valence-corrected chi connectivity index (χ0v) is 22.4. The first kappa shape index (κ1) is 21.0. The molecule has 0 radical (unpaired) electrons. The van der Waals surface area contributed by atoms with E-state index in [1.54, 1.807) is 24.2 Å². The lowest BCUT2D eigenvalue weighted by Crippen LogP contribution is -2.51. The molecule has 0 spiro atoms. The summed E-state index contributed by atoms with van der Waals surface area (Å²) in [6.07, 6.45) is 26.7. The van der Waals surface area contributed by atoms with Crippen LogP contribution in [-0.2, 0) is 16.2 Å². The van der Waals surface area contributed by atoms with Gasteiger partial charge in [0.25, 0.3) is 0 Å². The van der Waals surface area contributed by atoms with Crippen LogP contribution in [0.1, 0.15) is 133 Å². The van der Waals surface area contributed by atoms with E-state index in [0.29, 0.717) is 16.2 Å². The Bertz CT molecular complexity index is 951. The summed E-state index contributed by atoms with van der Waals surface area (Å²) in [5.41, 5.74) is 4.29. The van der Waals surface area contributed by atoms with Crippen LogP contribution in [0.15, 0.2) is 6.07 Å². The monoisotopic (exact) mass is 482 g/mol. The van der Waals surface area contributed by atoms with Crippen LogP contribution in [-0.4, -0.2) is 9.97 Å². The molecule has 0 aromatic carbocycles. The Labute approximate surface area is 218 Å². The SMILES string of the molecule is c1c(C23CC4CC(CC(C4)C2)C3)nc(C23CC4CC(CC(C4)C2)C3)nc1C12CCC3CC(CC3C1)C2. The van der Waals surface area contributed by atoms with Crippen LogP contribution < -0.4 is 0 Å². The molecule has 1 heterocycles. The highest BCUT2D eigenvalue weighted by atomic mass is 15.0. The first-order valence-electron chi connectivity index (χ1n) is 16.4. The highest BCUT2D eigenvalue weighted by Crippen LogP contribution is 2.65. The van der Waals surface area contributed by atoms with Crippen LogP contribution in [0, 0.1) is 53.3 Å². The Kier molecular flexibility index (Phi) is 3.96. The molecule has 11 aliphatic rings. The first-order valence-corrected chi connectivity index (χ1v) is 16.4. The van der Waals surface area contributed by atoms with Gasteiger partial charge in [-0.3, -0.25) is 0 Å². The summed E-state index contributed by atoms with van der Waals surface area (Å²) < 4.78 is 0. The lowest BCUT2D eigenvalue weighted by molar-refractivity contribution is -0.0145. The zero-order valence-electron chi connectivity index (χ0n) is 22.4. The third kappa shape index (κ3) is 2.76. The van der Waals surface area contributed by atoms with Crippen LogP contribution in [0.2, 0.25) is 0 Å². The Morgan fingerprint density at radius 2 is 0.917 bits per heavy atom. The van der Waals surface area contributed by atoms with Gasteiger partial charge in [0.2, 0.25) is 0 Å². The van der Waals surface area contributed by atoms with Crippen molar-refractivity contribution in [1.29, 1.82) is 0 Å². The fraction of sp³-hybridized carbons (Fsp3) is 0.882. The van der Waals surface area contributed by atoms with Gasteiger partial charge in [-0.25, -0.2) is 9.97 Å². The lowest BCUT2D eigenvalue weighted by Gasteiger charge is -2.58. The van der Waals surface area contributed by atoms with Crippen LogP contribution in [0.25, 0.3) is 0 Å². The average Bonchev–Trinajstić information content (AvgIpc) is 3.05. The van der Waals surface area contributed by atoms with Crippen molar-refractivity contribution in [2.75, 3.05) is 0 Å². The molecule has 0 amide bonds. The number of aromatic nitrogens is 2. The van der Waals surface area contributed by atoms with E-state index in [4.69, 9.17) is 9.97 Å². The second-order valence-electron chi connectivity index (χ2n) is 16.9. The van der Waals surface area contributed by atoms with Crippen molar-refractivity contribution in [2.24, 2.45) is 53.3 Å². The highest BCUT2D eigenvalue weighted by Gasteiger charge is 2.58. The van der Waals surface area contributed by atoms with Crippen LogP contribution in [0.5, 0.6) is 0 Å². The normalized spacial score (nSPS) is 57.2. The van der Waals surface area contributed by atoms with Crippen molar-refractivity contribution < 1.29 is 0 Å². The maximum atomic E-state index is 5.83. The number of hydrogen-bond acceptors (Lipinski definition) is 2. The van der Waals surface area contributed by atoms with E-state index >= 15 is 0 Å². The molecule has 2 nitrogen and oxygen atoms in total. The fourth-order valence-electron chi connectivity index (χ4n) is 14.3. The van der Waals surface area contributed by atoms with Crippen molar-refractivity contribution in [1.82, 2.24) is 9.97 Å². The molecule has 11 bridgehead atoms. The van der Waals surface area contributed by atoms with E-state index in [1.165, 1.54) is 109 Å². The average molecular weight is 483 g/mol. The van der Waals surface area contributed by atoms with Gasteiger partial charge in [0.05, 0.1) is 11.4 Å². The van der Waals surface area contributed by atoms with Gasteiger partial charge < -0.3 is 0 Å². The molecule has 192 valence electrons. The largest absolute Gasteiger partial charge is 0.237 e. The molecule has 11 aliphatic carbocycles. The van der Waals surface area contributed by atoms with Crippen molar-refractivity contribution in [2.45, 2.75) is 132 Å². The van der Waals surface area contributed by atoms with E-state index in [1.807, 2.05) is 0 Å². The Morgan fingerprint density at radius 1 is 0.472 bits per heavy atom. The molecule has 0 N–H and O–H groups in total. The number of nitrogens with zero attached hydrogens (tertiary/aromatic N) is 2. The van der Waals surface area contributed by atoms with Gasteiger partial charge in [0.15, 0.2) is 0 Å². The Hall–Kier alpha value is -0.920. The molecule has 1 aromatic rings. The molecule has 12 rings (SSSR count). The topological polar surface area (TPSA) is 25.8 Å². The maximum absolute atomic E-state index is 5.83. The van der Waals surface area contributed by atoms with E-state index < -0.39 is 0 Å². The number of rotatable bonds is 3. The third-order valence-corrected chi connectivity index (χ3v) is 14.6. The summed E-state index contributed by atoms with van der Waals surface area (Å²) in [5.74, 6) is 10.4. The zero-order chi connectivity index (χ0) is 23.3. The second-order valence-corrected chi connectivity index (χ2v) is 16.9. The molecular weight excluding hydrogens is 436 g/mol. The predicted octanol–water partition coefficient (Wildman–Crippen LogP) is 7.88. The molecular formula is C34H46N2. The van der Waals surface area contributed by atoms with Gasteiger partial charge >= 0.3 is 0 Å². The molecule has 0 saturated heterocycles. The van der Waals surface area contributed by atoms with Crippen molar-refractivity contribution >= 4 is 0 Å². The van der Waals surface area contributed by atoms with E-state index in [0.717, 1.165) is 53.3 Å². The lowest BCUT2D eigenvalue weighted by atomic mass is 9.48. The van der Waals surface area contributed by atoms with E-state index in [2.05, 4.69) is 6.07 Å². The van der Waals surface area contributed by atoms with E-state index in [9.17, 15) is 0 Å². The maximum Gasteiger partial charge on any atom is 0.135 e. The van der Waals surface area contributed by atoms with Gasteiger partial charge in [-0.05, 0) is 175 Å². The molecule has 0 aliphatic heterocycles. The minimum Gasteiger partial charge on any atom is -0.237 e. The number of hydrogen-bond donors (Lipinski definition) is 0. The van der Waals surface area contributed by atoms with Gasteiger partial charge in [0.1, 0.15) is 5.82 Å². The summed E-state index contributed by atoms with van der Waals surface area (Å²) >= 11 is 0.